The van der Waals surface area contributed by atoms with Crippen molar-refractivity contribution in [2.45, 2.75) is 6.92 Å². The molecular formula is C10H12N2OS. The van der Waals surface area contributed by atoms with Crippen LogP contribution >= 0.6 is 11.8 Å². The summed E-state index contributed by atoms with van der Waals surface area (Å²) in [5, 5.41) is 2.39. The highest BCUT2D eigenvalue weighted by Gasteiger charge is 1.85. The van der Waals surface area contributed by atoms with Gasteiger partial charge in [-0.15, -0.1) is 11.8 Å². The summed E-state index contributed by atoms with van der Waals surface area (Å²) in [5.74, 6) is 0. The van der Waals surface area contributed by atoms with Gasteiger partial charge in [0.05, 0.1) is 5.04 Å². The largest absolute Gasteiger partial charge is 0.322 e. The molecule has 0 amide bonds. The zero-order chi connectivity index (χ0) is 10.6. The fraction of sp³-hybridized carbons (Fsp3) is 0.200. The Bertz CT molecular complexity index is 502. The van der Waals surface area contributed by atoms with Crippen molar-refractivity contribution in [3.8, 4) is 0 Å². The fourth-order valence-electron chi connectivity index (χ4n) is 0.863. The van der Waals surface area contributed by atoms with Crippen LogP contribution in [-0.4, -0.2) is 16.3 Å². The van der Waals surface area contributed by atoms with Crippen LogP contribution < -0.4 is 16.1 Å². The lowest BCUT2D eigenvalue weighted by atomic mass is 10.4. The molecule has 1 aromatic rings. The van der Waals surface area contributed by atoms with E-state index in [1.807, 2.05) is 13.2 Å². The van der Waals surface area contributed by atoms with Crippen molar-refractivity contribution >= 4 is 29.6 Å². The molecule has 1 heterocycles. The normalized spacial score (nSPS) is 13.3. The van der Waals surface area contributed by atoms with Crippen molar-refractivity contribution in [3.05, 3.63) is 33.1 Å². The number of pyridine rings is 1. The monoisotopic (exact) mass is 208 g/mol. The second-order valence-electron chi connectivity index (χ2n) is 2.74. The smallest absolute Gasteiger partial charge is 0.248 e. The van der Waals surface area contributed by atoms with Crippen LogP contribution in [0.4, 0.5) is 0 Å². The van der Waals surface area contributed by atoms with E-state index in [1.165, 1.54) is 6.07 Å². The number of thioether (sulfide) groups is 1. The molecule has 0 radical (unpaired) electrons. The first kappa shape index (κ1) is 10.8. The van der Waals surface area contributed by atoms with Gasteiger partial charge < -0.3 is 4.98 Å². The predicted molar refractivity (Wildman–Crippen MR) is 62.9 cm³/mol. The molecule has 0 unspecified atom stereocenters. The standard InChI is InChI=1S/C10H12N2OS/c1-7-9(4-5-10(13)12-7)6-11-8(2)14-3/h4-6H,1H2,2-3H3,(H,12,13)/b9-6-,11-8?. The molecule has 1 aromatic heterocycles. The molecule has 0 fully saturated rings. The highest BCUT2D eigenvalue weighted by molar-refractivity contribution is 8.13. The maximum Gasteiger partial charge on any atom is 0.248 e. The van der Waals surface area contributed by atoms with Gasteiger partial charge in [0.15, 0.2) is 0 Å². The van der Waals surface area contributed by atoms with Gasteiger partial charge >= 0.3 is 0 Å². The second-order valence-corrected chi connectivity index (χ2v) is 3.74. The molecule has 1 rings (SSSR count). The van der Waals surface area contributed by atoms with E-state index in [1.54, 1.807) is 24.0 Å². The molecule has 1 N–H and O–H groups in total. The van der Waals surface area contributed by atoms with Gasteiger partial charge in [-0.2, -0.15) is 0 Å². The van der Waals surface area contributed by atoms with Gasteiger partial charge in [0.25, 0.3) is 0 Å². The maximum atomic E-state index is 10.9. The third kappa shape index (κ3) is 2.88. The van der Waals surface area contributed by atoms with Crippen LogP contribution in [0.25, 0.3) is 12.8 Å². The summed E-state index contributed by atoms with van der Waals surface area (Å²) in [7, 11) is 0. The Morgan fingerprint density at radius 3 is 2.93 bits per heavy atom. The first-order valence-corrected chi connectivity index (χ1v) is 5.33. The van der Waals surface area contributed by atoms with E-state index in [9.17, 15) is 4.79 Å². The number of nitrogens with zero attached hydrogens (tertiary/aromatic N) is 1. The molecule has 4 heteroatoms. The van der Waals surface area contributed by atoms with E-state index in [0.29, 0.717) is 5.35 Å². The molecule has 0 aromatic carbocycles. The summed E-state index contributed by atoms with van der Waals surface area (Å²) in [6.07, 6.45) is 3.66. The summed E-state index contributed by atoms with van der Waals surface area (Å²) >= 11 is 1.58. The number of aromatic amines is 1. The molecule has 0 aliphatic carbocycles. The Hall–Kier alpha value is -1.29. The summed E-state index contributed by atoms with van der Waals surface area (Å²) in [4.78, 5) is 17.7. The van der Waals surface area contributed by atoms with Crippen molar-refractivity contribution in [2.75, 3.05) is 6.26 Å². The van der Waals surface area contributed by atoms with E-state index in [-0.39, 0.29) is 5.56 Å². The third-order valence-electron chi connectivity index (χ3n) is 1.72. The number of aliphatic imine (C=N–C) groups is 1. The van der Waals surface area contributed by atoms with E-state index in [4.69, 9.17) is 0 Å². The van der Waals surface area contributed by atoms with Crippen LogP contribution in [0.15, 0.2) is 21.9 Å². The minimum Gasteiger partial charge on any atom is -0.322 e. The molecular weight excluding hydrogens is 196 g/mol. The first-order chi connectivity index (χ1) is 6.63. The Balaban J connectivity index is 3.21. The summed E-state index contributed by atoms with van der Waals surface area (Å²) in [6.45, 7) is 5.65. The molecule has 14 heavy (non-hydrogen) atoms. The highest BCUT2D eigenvalue weighted by atomic mass is 32.2. The van der Waals surface area contributed by atoms with E-state index in [2.05, 4.69) is 16.6 Å². The molecule has 0 bridgehead atoms. The number of hydrogen-bond acceptors (Lipinski definition) is 3. The minimum atomic E-state index is -0.141. The Morgan fingerprint density at radius 1 is 1.64 bits per heavy atom. The van der Waals surface area contributed by atoms with Crippen molar-refractivity contribution in [1.82, 2.24) is 4.98 Å². The average molecular weight is 208 g/mol. The molecule has 0 aliphatic heterocycles. The summed E-state index contributed by atoms with van der Waals surface area (Å²) in [6, 6.07) is 3.17. The minimum absolute atomic E-state index is 0.141. The zero-order valence-electron chi connectivity index (χ0n) is 8.20. The lowest BCUT2D eigenvalue weighted by Gasteiger charge is -1.89. The SMILES string of the molecule is C=c1[nH]c(=O)cc/c1=C/N=C(C)SC. The Kier molecular flexibility index (Phi) is 3.71. The van der Waals surface area contributed by atoms with Crippen molar-refractivity contribution in [2.24, 2.45) is 4.99 Å². The summed E-state index contributed by atoms with van der Waals surface area (Å²) < 4.78 is 0. The number of H-pyrrole nitrogens is 1. The van der Waals surface area contributed by atoms with E-state index >= 15 is 0 Å². The molecule has 0 aliphatic rings. The number of aromatic nitrogens is 1. The van der Waals surface area contributed by atoms with Crippen LogP contribution in [0.1, 0.15) is 6.92 Å². The van der Waals surface area contributed by atoms with Gasteiger partial charge in [0, 0.05) is 22.8 Å². The van der Waals surface area contributed by atoms with E-state index < -0.39 is 0 Å². The van der Waals surface area contributed by atoms with Crippen molar-refractivity contribution in [3.63, 3.8) is 0 Å². The van der Waals surface area contributed by atoms with Gasteiger partial charge in [0.1, 0.15) is 0 Å². The zero-order valence-corrected chi connectivity index (χ0v) is 9.02. The Labute approximate surface area is 86.3 Å². The van der Waals surface area contributed by atoms with Gasteiger partial charge in [-0.25, -0.2) is 0 Å². The third-order valence-corrected chi connectivity index (χ3v) is 2.41. The molecule has 0 saturated heterocycles. The lowest BCUT2D eigenvalue weighted by molar-refractivity contribution is 1.16. The predicted octanol–water partition coefficient (Wildman–Crippen LogP) is 0.305. The number of nitrogens with one attached hydrogen (secondary N) is 1. The van der Waals surface area contributed by atoms with Crippen LogP contribution in [0.2, 0.25) is 0 Å². The highest BCUT2D eigenvalue weighted by Crippen LogP contribution is 1.95. The summed E-state index contributed by atoms with van der Waals surface area (Å²) in [5.41, 5.74) is -0.141. The second kappa shape index (κ2) is 4.81. The van der Waals surface area contributed by atoms with Gasteiger partial charge in [0.2, 0.25) is 5.56 Å². The maximum absolute atomic E-state index is 10.9. The van der Waals surface area contributed by atoms with Gasteiger partial charge in [-0.05, 0) is 19.2 Å². The van der Waals surface area contributed by atoms with Crippen LogP contribution in [-0.2, 0) is 0 Å². The molecule has 74 valence electrons. The molecule has 0 spiro atoms. The number of hydrogen-bond donors (Lipinski definition) is 1. The first-order valence-electron chi connectivity index (χ1n) is 4.10. The average Bonchev–Trinajstić information content (AvgIpc) is 2.16. The molecule has 0 atom stereocenters. The van der Waals surface area contributed by atoms with Crippen LogP contribution in [0, 0.1) is 0 Å². The molecule has 3 nitrogen and oxygen atoms in total. The van der Waals surface area contributed by atoms with Gasteiger partial charge in [-0.1, -0.05) is 6.58 Å². The molecule has 0 saturated carbocycles. The van der Waals surface area contributed by atoms with Crippen LogP contribution in [0.5, 0.6) is 0 Å². The lowest BCUT2D eigenvalue weighted by Crippen LogP contribution is -2.31. The number of rotatable bonds is 1. The van der Waals surface area contributed by atoms with Crippen LogP contribution in [0.3, 0.4) is 0 Å². The van der Waals surface area contributed by atoms with Gasteiger partial charge in [-0.3, -0.25) is 9.79 Å². The van der Waals surface area contributed by atoms with Crippen molar-refractivity contribution < 1.29 is 0 Å². The fourth-order valence-corrected chi connectivity index (χ4v) is 1.02. The Morgan fingerprint density at radius 2 is 2.36 bits per heavy atom. The quantitative estimate of drug-likeness (QED) is 0.533. The van der Waals surface area contributed by atoms with E-state index in [0.717, 1.165) is 10.3 Å². The topological polar surface area (TPSA) is 45.2 Å². The van der Waals surface area contributed by atoms with Crippen molar-refractivity contribution in [1.29, 1.82) is 0 Å².